The first-order valence-electron chi connectivity index (χ1n) is 4.69. The maximum atomic E-state index is 11.2. The Morgan fingerprint density at radius 2 is 2.47 bits per heavy atom. The zero-order valence-corrected chi connectivity index (χ0v) is 9.03. The molecule has 0 spiro atoms. The van der Waals surface area contributed by atoms with Gasteiger partial charge in [0, 0.05) is 5.25 Å². The van der Waals surface area contributed by atoms with Crippen LogP contribution in [0.15, 0.2) is 23.9 Å². The van der Waals surface area contributed by atoms with E-state index in [0.29, 0.717) is 6.42 Å². The Hall–Kier alpha value is -1.23. The van der Waals surface area contributed by atoms with Crippen molar-refractivity contribution in [2.45, 2.75) is 24.0 Å². The van der Waals surface area contributed by atoms with E-state index >= 15 is 0 Å². The van der Waals surface area contributed by atoms with E-state index in [0.717, 1.165) is 0 Å². The van der Waals surface area contributed by atoms with Gasteiger partial charge in [0.25, 0.3) is 0 Å². The first-order valence-corrected chi connectivity index (χ1v) is 5.63. The predicted molar refractivity (Wildman–Crippen MR) is 57.2 cm³/mol. The van der Waals surface area contributed by atoms with Crippen molar-refractivity contribution in [2.24, 2.45) is 0 Å². The lowest BCUT2D eigenvalue weighted by Gasteiger charge is -2.43. The molecule has 2 aliphatic rings. The molecule has 1 fully saturated rings. The number of hydrogen-bond donors (Lipinski definition) is 1. The maximum absolute atomic E-state index is 11.2. The number of carbonyl (C=O) groups is 2. The van der Waals surface area contributed by atoms with Gasteiger partial charge in [-0.25, -0.2) is 4.79 Å². The van der Waals surface area contributed by atoms with Crippen LogP contribution in [0, 0.1) is 0 Å². The Morgan fingerprint density at radius 3 is 3.00 bits per heavy atom. The molecule has 4 nitrogen and oxygen atoms in total. The molecule has 1 unspecified atom stereocenters. The van der Waals surface area contributed by atoms with Crippen LogP contribution in [0.1, 0.15) is 13.3 Å². The number of carboxylic acids is 1. The second kappa shape index (κ2) is 3.73. The van der Waals surface area contributed by atoms with E-state index in [4.69, 9.17) is 5.11 Å². The van der Waals surface area contributed by atoms with Crippen molar-refractivity contribution in [2.75, 3.05) is 0 Å². The SMILES string of the molecule is CC=CC1C=C(C(=O)O)N2C(=O)C[C@H]2S1. The Labute approximate surface area is 91.6 Å². The van der Waals surface area contributed by atoms with Crippen molar-refractivity contribution in [1.29, 1.82) is 0 Å². The molecule has 2 heterocycles. The summed E-state index contributed by atoms with van der Waals surface area (Å²) in [6.07, 6.45) is 5.90. The van der Waals surface area contributed by atoms with E-state index in [-0.39, 0.29) is 22.2 Å². The van der Waals surface area contributed by atoms with E-state index in [1.807, 2.05) is 19.1 Å². The summed E-state index contributed by atoms with van der Waals surface area (Å²) in [5, 5.41) is 9.04. The summed E-state index contributed by atoms with van der Waals surface area (Å²) < 4.78 is 0. The molecule has 2 atom stereocenters. The molecule has 0 aromatic heterocycles. The number of fused-ring (bicyclic) bond motifs is 1. The van der Waals surface area contributed by atoms with Crippen molar-refractivity contribution >= 4 is 23.6 Å². The molecule has 1 amide bonds. The van der Waals surface area contributed by atoms with E-state index in [1.54, 1.807) is 17.8 Å². The number of hydrogen-bond acceptors (Lipinski definition) is 3. The Kier molecular flexibility index (Phi) is 2.56. The Balaban J connectivity index is 2.28. The molecule has 0 aromatic carbocycles. The van der Waals surface area contributed by atoms with Gasteiger partial charge in [0.2, 0.25) is 5.91 Å². The zero-order chi connectivity index (χ0) is 11.0. The number of carbonyl (C=O) groups excluding carboxylic acids is 1. The van der Waals surface area contributed by atoms with Crippen molar-refractivity contribution in [3.8, 4) is 0 Å². The molecule has 0 aromatic rings. The van der Waals surface area contributed by atoms with Gasteiger partial charge < -0.3 is 5.11 Å². The van der Waals surface area contributed by atoms with E-state index < -0.39 is 5.97 Å². The third-order valence-corrected chi connectivity index (χ3v) is 3.70. The molecule has 15 heavy (non-hydrogen) atoms. The number of thioether (sulfide) groups is 1. The summed E-state index contributed by atoms with van der Waals surface area (Å²) in [4.78, 5) is 23.5. The number of aliphatic carboxylic acids is 1. The topological polar surface area (TPSA) is 57.6 Å². The second-order valence-electron chi connectivity index (χ2n) is 3.41. The molecule has 80 valence electrons. The van der Waals surface area contributed by atoms with Gasteiger partial charge in [-0.2, -0.15) is 0 Å². The second-order valence-corrected chi connectivity index (χ2v) is 4.77. The van der Waals surface area contributed by atoms with Crippen LogP contribution >= 0.6 is 11.8 Å². The average molecular weight is 225 g/mol. The molecule has 1 N–H and O–H groups in total. The van der Waals surface area contributed by atoms with Gasteiger partial charge in [0.15, 0.2) is 0 Å². The number of rotatable bonds is 2. The normalized spacial score (nSPS) is 29.8. The van der Waals surface area contributed by atoms with Crippen LogP contribution in [0.25, 0.3) is 0 Å². The summed E-state index contributed by atoms with van der Waals surface area (Å²) >= 11 is 1.61. The summed E-state index contributed by atoms with van der Waals surface area (Å²) in [6.45, 7) is 1.90. The highest BCUT2D eigenvalue weighted by Gasteiger charge is 2.44. The number of nitrogens with zero attached hydrogens (tertiary/aromatic N) is 1. The summed E-state index contributed by atoms with van der Waals surface area (Å²) in [7, 11) is 0. The van der Waals surface area contributed by atoms with E-state index in [2.05, 4.69) is 0 Å². The van der Waals surface area contributed by atoms with Crippen LogP contribution in [0.2, 0.25) is 0 Å². The molecule has 5 heteroatoms. The summed E-state index contributed by atoms with van der Waals surface area (Å²) in [5.41, 5.74) is 0.123. The lowest BCUT2D eigenvalue weighted by atomic mass is 10.1. The standard InChI is InChI=1S/C10H11NO3S/c1-2-3-6-4-7(10(13)14)11-8(12)5-9(11)15-6/h2-4,6,9H,5H2,1H3,(H,13,14)/t6?,9-/m1/s1. The molecular weight excluding hydrogens is 214 g/mol. The third-order valence-electron chi connectivity index (χ3n) is 2.40. The largest absolute Gasteiger partial charge is 0.477 e. The molecule has 0 saturated carbocycles. The fourth-order valence-corrected chi connectivity index (χ4v) is 3.12. The number of carboxylic acid groups (broad SMARTS) is 1. The molecule has 0 bridgehead atoms. The van der Waals surface area contributed by atoms with Crippen LogP contribution in [0.5, 0.6) is 0 Å². The number of amides is 1. The van der Waals surface area contributed by atoms with Gasteiger partial charge in [-0.3, -0.25) is 9.69 Å². The highest BCUT2D eigenvalue weighted by molar-refractivity contribution is 8.01. The highest BCUT2D eigenvalue weighted by atomic mass is 32.2. The monoisotopic (exact) mass is 225 g/mol. The van der Waals surface area contributed by atoms with E-state index in [1.165, 1.54) is 4.90 Å². The van der Waals surface area contributed by atoms with Crippen molar-refractivity contribution in [1.82, 2.24) is 4.90 Å². The average Bonchev–Trinajstić information content (AvgIpc) is 2.15. The lowest BCUT2D eigenvalue weighted by molar-refractivity contribution is -0.146. The summed E-state index contributed by atoms with van der Waals surface area (Å²) in [5.74, 6) is -1.12. The number of allylic oxidation sites excluding steroid dienone is 1. The van der Waals surface area contributed by atoms with Crippen LogP contribution in [0.3, 0.4) is 0 Å². The fourth-order valence-electron chi connectivity index (χ4n) is 1.71. The van der Waals surface area contributed by atoms with Crippen LogP contribution in [-0.2, 0) is 9.59 Å². The van der Waals surface area contributed by atoms with Gasteiger partial charge in [0.1, 0.15) is 5.70 Å². The molecule has 0 aliphatic carbocycles. The maximum Gasteiger partial charge on any atom is 0.352 e. The van der Waals surface area contributed by atoms with Crippen LogP contribution in [0.4, 0.5) is 0 Å². The minimum absolute atomic E-state index is 0.00907. The van der Waals surface area contributed by atoms with Crippen LogP contribution < -0.4 is 0 Å². The summed E-state index contributed by atoms with van der Waals surface area (Å²) in [6, 6.07) is 0. The minimum Gasteiger partial charge on any atom is -0.477 e. The van der Waals surface area contributed by atoms with Gasteiger partial charge in [-0.15, -0.1) is 11.8 Å². The van der Waals surface area contributed by atoms with Crippen molar-refractivity contribution in [3.05, 3.63) is 23.9 Å². The van der Waals surface area contributed by atoms with Gasteiger partial charge in [-0.05, 0) is 13.0 Å². The van der Waals surface area contributed by atoms with Crippen LogP contribution in [-0.4, -0.2) is 32.5 Å². The fraction of sp³-hybridized carbons (Fsp3) is 0.400. The lowest BCUT2D eigenvalue weighted by Crippen LogP contribution is -2.53. The van der Waals surface area contributed by atoms with Gasteiger partial charge in [0.05, 0.1) is 11.8 Å². The third kappa shape index (κ3) is 1.67. The molecule has 1 saturated heterocycles. The first kappa shape index (κ1) is 10.3. The molecule has 2 rings (SSSR count). The molecule has 2 aliphatic heterocycles. The Bertz CT molecular complexity index is 375. The van der Waals surface area contributed by atoms with Crippen molar-refractivity contribution < 1.29 is 14.7 Å². The molecule has 0 radical (unpaired) electrons. The van der Waals surface area contributed by atoms with E-state index in [9.17, 15) is 9.59 Å². The number of β-lactam (4-membered cyclic amide) rings is 1. The quantitative estimate of drug-likeness (QED) is 0.567. The first-order chi connectivity index (χ1) is 7.13. The minimum atomic E-state index is -1.03. The zero-order valence-electron chi connectivity index (χ0n) is 8.21. The van der Waals surface area contributed by atoms with Crippen molar-refractivity contribution in [3.63, 3.8) is 0 Å². The Morgan fingerprint density at radius 1 is 1.73 bits per heavy atom. The molecular formula is C10H11NO3S. The highest BCUT2D eigenvalue weighted by Crippen LogP contribution is 2.40. The van der Waals surface area contributed by atoms with Gasteiger partial charge in [-0.1, -0.05) is 12.2 Å². The predicted octanol–water partition coefficient (Wildman–Crippen LogP) is 1.20. The van der Waals surface area contributed by atoms with Gasteiger partial charge >= 0.3 is 5.97 Å². The smallest absolute Gasteiger partial charge is 0.352 e.